The lowest BCUT2D eigenvalue weighted by molar-refractivity contribution is 0.472. The predicted octanol–water partition coefficient (Wildman–Crippen LogP) is 4.22. The minimum absolute atomic E-state index is 0.331. The first-order valence-corrected chi connectivity index (χ1v) is 6.72. The van der Waals surface area contributed by atoms with Crippen LogP contribution in [0.4, 0.5) is 0 Å². The van der Waals surface area contributed by atoms with Crippen molar-refractivity contribution >= 4 is 0 Å². The van der Waals surface area contributed by atoms with Gasteiger partial charge in [-0.1, -0.05) is 31.2 Å². The molecule has 0 fully saturated rings. The second-order valence-corrected chi connectivity index (χ2v) is 5.06. The number of benzene rings is 2. The van der Waals surface area contributed by atoms with Gasteiger partial charge in [-0.05, 0) is 60.6 Å². The van der Waals surface area contributed by atoms with Crippen LogP contribution in [0.2, 0.25) is 0 Å². The van der Waals surface area contributed by atoms with Crippen LogP contribution in [0.25, 0.3) is 0 Å². The highest BCUT2D eigenvalue weighted by Crippen LogP contribution is 2.24. The van der Waals surface area contributed by atoms with E-state index >= 15 is 0 Å². The molecule has 1 unspecified atom stereocenters. The van der Waals surface area contributed by atoms with Crippen LogP contribution in [-0.4, -0.2) is 10.2 Å². The number of aromatic hydroxyl groups is 2. The highest BCUT2D eigenvalue weighted by Gasteiger charge is 2.06. The normalized spacial score (nSPS) is 12.3. The van der Waals surface area contributed by atoms with E-state index in [1.807, 2.05) is 30.3 Å². The molecule has 0 spiro atoms. The second-order valence-electron chi connectivity index (χ2n) is 5.06. The van der Waals surface area contributed by atoms with Gasteiger partial charge in [0.1, 0.15) is 11.5 Å². The summed E-state index contributed by atoms with van der Waals surface area (Å²) in [5.41, 5.74) is 2.35. The summed E-state index contributed by atoms with van der Waals surface area (Å²) >= 11 is 0. The Morgan fingerprint density at radius 2 is 1.63 bits per heavy atom. The van der Waals surface area contributed by atoms with E-state index in [9.17, 15) is 10.2 Å². The third-order valence-electron chi connectivity index (χ3n) is 3.45. The maximum Gasteiger partial charge on any atom is 0.115 e. The van der Waals surface area contributed by atoms with E-state index < -0.39 is 0 Å². The molecule has 0 aromatic heterocycles. The lowest BCUT2D eigenvalue weighted by Crippen LogP contribution is -1.95. The topological polar surface area (TPSA) is 40.5 Å². The van der Waals surface area contributed by atoms with Crippen LogP contribution in [0.15, 0.2) is 48.5 Å². The van der Waals surface area contributed by atoms with Crippen LogP contribution in [-0.2, 0) is 6.42 Å². The Bertz CT molecular complexity index is 534. The number of phenols is 2. The zero-order chi connectivity index (χ0) is 13.7. The minimum Gasteiger partial charge on any atom is -0.508 e. The molecule has 0 radical (unpaired) electrons. The molecule has 0 heterocycles. The van der Waals surface area contributed by atoms with Gasteiger partial charge in [-0.2, -0.15) is 0 Å². The highest BCUT2D eigenvalue weighted by atomic mass is 16.3. The Labute approximate surface area is 114 Å². The Morgan fingerprint density at radius 1 is 0.947 bits per heavy atom. The number of phenolic OH excluding ortho intramolecular Hbond substituents is 2. The Balaban J connectivity index is 1.85. The van der Waals surface area contributed by atoms with E-state index in [1.54, 1.807) is 12.1 Å². The molecule has 2 aromatic rings. The van der Waals surface area contributed by atoms with Crippen LogP contribution in [0.3, 0.4) is 0 Å². The smallest absolute Gasteiger partial charge is 0.115 e. The van der Waals surface area contributed by atoms with Crippen molar-refractivity contribution < 1.29 is 10.2 Å². The molecular formula is C17H20O2. The highest BCUT2D eigenvalue weighted by molar-refractivity contribution is 5.29. The van der Waals surface area contributed by atoms with Gasteiger partial charge in [0, 0.05) is 0 Å². The molecule has 2 N–H and O–H groups in total. The van der Waals surface area contributed by atoms with E-state index in [2.05, 4.69) is 13.0 Å². The summed E-state index contributed by atoms with van der Waals surface area (Å²) < 4.78 is 0. The summed E-state index contributed by atoms with van der Waals surface area (Å²) in [5.74, 6) is 1.10. The summed E-state index contributed by atoms with van der Waals surface area (Å²) in [6, 6.07) is 14.9. The maximum atomic E-state index is 9.47. The summed E-state index contributed by atoms with van der Waals surface area (Å²) in [5, 5.41) is 18.9. The van der Waals surface area contributed by atoms with E-state index in [-0.39, 0.29) is 0 Å². The molecule has 0 aliphatic rings. The molecule has 0 aliphatic carbocycles. The summed E-state index contributed by atoms with van der Waals surface area (Å²) in [6.45, 7) is 2.18. The average Bonchev–Trinajstić information content (AvgIpc) is 2.38. The van der Waals surface area contributed by atoms with Crippen LogP contribution in [0.5, 0.6) is 11.5 Å². The van der Waals surface area contributed by atoms with Crippen LogP contribution >= 0.6 is 0 Å². The summed E-state index contributed by atoms with van der Waals surface area (Å²) in [7, 11) is 0. The molecule has 2 nitrogen and oxygen atoms in total. The van der Waals surface area contributed by atoms with Crippen molar-refractivity contribution in [3.8, 4) is 11.5 Å². The Morgan fingerprint density at radius 3 is 2.32 bits per heavy atom. The van der Waals surface area contributed by atoms with Gasteiger partial charge in [0.25, 0.3) is 0 Å². The van der Waals surface area contributed by atoms with Crippen molar-refractivity contribution in [2.24, 2.45) is 0 Å². The van der Waals surface area contributed by atoms with E-state index in [0.717, 1.165) is 19.3 Å². The van der Waals surface area contributed by atoms with Gasteiger partial charge in [-0.25, -0.2) is 0 Å². The summed E-state index contributed by atoms with van der Waals surface area (Å²) in [4.78, 5) is 0. The molecular weight excluding hydrogens is 236 g/mol. The standard InChI is InChI=1S/C17H20O2/c1-13(15-8-4-10-17(19)12-15)5-2-6-14-7-3-9-16(18)11-14/h3-4,7-13,18-19H,2,5-6H2,1H3. The van der Waals surface area contributed by atoms with Crippen LogP contribution in [0, 0.1) is 0 Å². The zero-order valence-corrected chi connectivity index (χ0v) is 11.2. The van der Waals surface area contributed by atoms with Crippen molar-refractivity contribution in [3.63, 3.8) is 0 Å². The van der Waals surface area contributed by atoms with Gasteiger partial charge < -0.3 is 10.2 Å². The molecule has 100 valence electrons. The van der Waals surface area contributed by atoms with Gasteiger partial charge in [0.05, 0.1) is 0 Å². The van der Waals surface area contributed by atoms with Gasteiger partial charge in [0.2, 0.25) is 0 Å². The third-order valence-corrected chi connectivity index (χ3v) is 3.45. The number of hydrogen-bond donors (Lipinski definition) is 2. The molecule has 0 amide bonds. The lowest BCUT2D eigenvalue weighted by atomic mass is 9.94. The summed E-state index contributed by atoms with van der Waals surface area (Å²) in [6.07, 6.45) is 3.11. The first-order valence-electron chi connectivity index (χ1n) is 6.72. The van der Waals surface area contributed by atoms with Crippen molar-refractivity contribution in [1.29, 1.82) is 0 Å². The molecule has 0 saturated heterocycles. The average molecular weight is 256 g/mol. The van der Waals surface area contributed by atoms with Crippen molar-refractivity contribution in [2.45, 2.75) is 32.1 Å². The van der Waals surface area contributed by atoms with E-state index in [1.165, 1.54) is 11.1 Å². The van der Waals surface area contributed by atoms with Crippen LogP contribution in [0.1, 0.15) is 36.8 Å². The molecule has 2 rings (SSSR count). The molecule has 2 aromatic carbocycles. The number of aryl methyl sites for hydroxylation is 1. The minimum atomic E-state index is 0.331. The molecule has 0 aliphatic heterocycles. The first kappa shape index (κ1) is 13.5. The molecule has 0 saturated carbocycles. The molecule has 1 atom stereocenters. The first-order chi connectivity index (χ1) is 9.15. The van der Waals surface area contributed by atoms with Crippen molar-refractivity contribution in [1.82, 2.24) is 0 Å². The molecule has 19 heavy (non-hydrogen) atoms. The molecule has 2 heteroatoms. The Hall–Kier alpha value is -1.96. The largest absolute Gasteiger partial charge is 0.508 e. The van der Waals surface area contributed by atoms with Gasteiger partial charge in [-0.3, -0.25) is 0 Å². The SMILES string of the molecule is CC(CCCc1cccc(O)c1)c1cccc(O)c1. The van der Waals surface area contributed by atoms with Gasteiger partial charge >= 0.3 is 0 Å². The number of hydrogen-bond acceptors (Lipinski definition) is 2. The maximum absolute atomic E-state index is 9.47. The van der Waals surface area contributed by atoms with Crippen molar-refractivity contribution in [3.05, 3.63) is 59.7 Å². The fourth-order valence-electron chi connectivity index (χ4n) is 2.32. The third kappa shape index (κ3) is 4.02. The van der Waals surface area contributed by atoms with Gasteiger partial charge in [-0.15, -0.1) is 0 Å². The van der Waals surface area contributed by atoms with Crippen molar-refractivity contribution in [2.75, 3.05) is 0 Å². The second kappa shape index (κ2) is 6.28. The predicted molar refractivity (Wildman–Crippen MR) is 77.6 cm³/mol. The molecule has 0 bridgehead atoms. The zero-order valence-electron chi connectivity index (χ0n) is 11.2. The number of rotatable bonds is 5. The Kier molecular flexibility index (Phi) is 4.45. The lowest BCUT2D eigenvalue weighted by Gasteiger charge is -2.12. The van der Waals surface area contributed by atoms with E-state index in [0.29, 0.717) is 17.4 Å². The van der Waals surface area contributed by atoms with E-state index in [4.69, 9.17) is 0 Å². The van der Waals surface area contributed by atoms with Gasteiger partial charge in [0.15, 0.2) is 0 Å². The fraction of sp³-hybridized carbons (Fsp3) is 0.294. The van der Waals surface area contributed by atoms with Crippen LogP contribution < -0.4 is 0 Å². The fourth-order valence-corrected chi connectivity index (χ4v) is 2.32. The quantitative estimate of drug-likeness (QED) is 0.840. The monoisotopic (exact) mass is 256 g/mol.